The summed E-state index contributed by atoms with van der Waals surface area (Å²) in [5.74, 6) is 0.0298. The zero-order chi connectivity index (χ0) is 15.7. The maximum atomic E-state index is 12.7. The minimum Gasteiger partial charge on any atom is -0.335 e. The predicted molar refractivity (Wildman–Crippen MR) is 96.2 cm³/mol. The molecule has 0 radical (unpaired) electrons. The molecule has 0 saturated carbocycles. The van der Waals surface area contributed by atoms with Crippen molar-refractivity contribution in [3.8, 4) is 0 Å². The molecule has 3 nitrogen and oxygen atoms in total. The van der Waals surface area contributed by atoms with Gasteiger partial charge in [0, 0.05) is 30.7 Å². The SMILES string of the molecule is CC(c1cccc(Cl)c1)N(C)C(=O)c1ccc2c(c1)CNC2.Cl. The van der Waals surface area contributed by atoms with Gasteiger partial charge in [-0.15, -0.1) is 12.4 Å². The Morgan fingerprint density at radius 2 is 1.91 bits per heavy atom. The summed E-state index contributed by atoms with van der Waals surface area (Å²) in [6, 6.07) is 13.6. The third-order valence-electron chi connectivity index (χ3n) is 4.32. The summed E-state index contributed by atoms with van der Waals surface area (Å²) in [5, 5.41) is 3.99. The zero-order valence-corrected chi connectivity index (χ0v) is 14.7. The van der Waals surface area contributed by atoms with Crippen LogP contribution in [0.4, 0.5) is 0 Å². The van der Waals surface area contributed by atoms with Gasteiger partial charge >= 0.3 is 0 Å². The maximum Gasteiger partial charge on any atom is 0.254 e. The molecule has 23 heavy (non-hydrogen) atoms. The summed E-state index contributed by atoms with van der Waals surface area (Å²) in [4.78, 5) is 14.5. The van der Waals surface area contributed by atoms with Gasteiger partial charge in [0.05, 0.1) is 6.04 Å². The lowest BCUT2D eigenvalue weighted by Gasteiger charge is -2.26. The van der Waals surface area contributed by atoms with Gasteiger partial charge in [-0.1, -0.05) is 29.8 Å². The first-order valence-electron chi connectivity index (χ1n) is 7.41. The van der Waals surface area contributed by atoms with Gasteiger partial charge in [-0.3, -0.25) is 4.79 Å². The quantitative estimate of drug-likeness (QED) is 0.899. The highest BCUT2D eigenvalue weighted by atomic mass is 35.5. The van der Waals surface area contributed by atoms with Crippen molar-refractivity contribution in [1.82, 2.24) is 10.2 Å². The second-order valence-corrected chi connectivity index (χ2v) is 6.17. The Kier molecular flexibility index (Phi) is 5.69. The van der Waals surface area contributed by atoms with Gasteiger partial charge < -0.3 is 10.2 Å². The van der Waals surface area contributed by atoms with Crippen LogP contribution >= 0.6 is 24.0 Å². The molecule has 1 aliphatic rings. The highest BCUT2D eigenvalue weighted by molar-refractivity contribution is 6.30. The second-order valence-electron chi connectivity index (χ2n) is 5.73. The molecule has 1 aliphatic heterocycles. The topological polar surface area (TPSA) is 32.3 Å². The Hall–Kier alpha value is -1.55. The molecule has 0 saturated heterocycles. The largest absolute Gasteiger partial charge is 0.335 e. The number of amides is 1. The molecule has 3 rings (SSSR count). The van der Waals surface area contributed by atoms with Crippen LogP contribution < -0.4 is 5.32 Å². The number of carbonyl (C=O) groups excluding carboxylic acids is 1. The van der Waals surface area contributed by atoms with Crippen molar-refractivity contribution in [2.45, 2.75) is 26.1 Å². The van der Waals surface area contributed by atoms with E-state index in [4.69, 9.17) is 11.6 Å². The van der Waals surface area contributed by atoms with Gasteiger partial charge in [-0.2, -0.15) is 0 Å². The van der Waals surface area contributed by atoms with Crippen LogP contribution in [0.1, 0.15) is 40.0 Å². The number of carbonyl (C=O) groups is 1. The highest BCUT2D eigenvalue weighted by Gasteiger charge is 2.20. The van der Waals surface area contributed by atoms with Crippen molar-refractivity contribution in [1.29, 1.82) is 0 Å². The van der Waals surface area contributed by atoms with Crippen molar-refractivity contribution < 1.29 is 4.79 Å². The number of rotatable bonds is 3. The Balaban J connectivity index is 0.00000192. The number of benzene rings is 2. The van der Waals surface area contributed by atoms with Crippen LogP contribution in [0.25, 0.3) is 0 Å². The van der Waals surface area contributed by atoms with Crippen molar-refractivity contribution in [2.24, 2.45) is 0 Å². The van der Waals surface area contributed by atoms with Crippen LogP contribution in [0.3, 0.4) is 0 Å². The van der Waals surface area contributed by atoms with Crippen LogP contribution in [0, 0.1) is 0 Å². The molecule has 1 heterocycles. The summed E-state index contributed by atoms with van der Waals surface area (Å²) in [5.41, 5.74) is 4.27. The van der Waals surface area contributed by atoms with Crippen LogP contribution in [0.2, 0.25) is 5.02 Å². The average molecular weight is 351 g/mol. The van der Waals surface area contributed by atoms with Gasteiger partial charge in [0.1, 0.15) is 0 Å². The van der Waals surface area contributed by atoms with Crippen molar-refractivity contribution in [3.05, 3.63) is 69.7 Å². The first-order valence-corrected chi connectivity index (χ1v) is 7.79. The Bertz CT molecular complexity index is 718. The number of hydrogen-bond acceptors (Lipinski definition) is 2. The molecule has 1 unspecified atom stereocenters. The van der Waals surface area contributed by atoms with E-state index in [1.807, 2.05) is 56.4 Å². The molecule has 0 aromatic heterocycles. The highest BCUT2D eigenvalue weighted by Crippen LogP contribution is 2.24. The van der Waals surface area contributed by atoms with E-state index in [2.05, 4.69) is 5.32 Å². The summed E-state index contributed by atoms with van der Waals surface area (Å²) in [6.07, 6.45) is 0. The summed E-state index contributed by atoms with van der Waals surface area (Å²) >= 11 is 6.04. The Morgan fingerprint density at radius 1 is 1.17 bits per heavy atom. The molecule has 122 valence electrons. The number of nitrogens with zero attached hydrogens (tertiary/aromatic N) is 1. The molecule has 5 heteroatoms. The molecule has 1 N–H and O–H groups in total. The molecule has 0 bridgehead atoms. The molecule has 1 atom stereocenters. The Labute approximate surface area is 148 Å². The van der Waals surface area contributed by atoms with Crippen LogP contribution in [-0.2, 0) is 13.1 Å². The van der Waals surface area contributed by atoms with E-state index in [1.165, 1.54) is 11.1 Å². The Morgan fingerprint density at radius 3 is 2.65 bits per heavy atom. The van der Waals surface area contributed by atoms with E-state index in [1.54, 1.807) is 4.90 Å². The predicted octanol–water partition coefficient (Wildman–Crippen LogP) is 4.20. The van der Waals surface area contributed by atoms with Gasteiger partial charge in [0.2, 0.25) is 0 Å². The number of halogens is 2. The van der Waals surface area contributed by atoms with Crippen molar-refractivity contribution in [3.63, 3.8) is 0 Å². The van der Waals surface area contributed by atoms with Crippen molar-refractivity contribution in [2.75, 3.05) is 7.05 Å². The van der Waals surface area contributed by atoms with E-state index >= 15 is 0 Å². The molecular weight excluding hydrogens is 331 g/mol. The van der Waals surface area contributed by atoms with Crippen LogP contribution in [0.5, 0.6) is 0 Å². The number of nitrogens with one attached hydrogen (secondary N) is 1. The monoisotopic (exact) mass is 350 g/mol. The van der Waals surface area contributed by atoms with Gasteiger partial charge in [-0.25, -0.2) is 0 Å². The van der Waals surface area contributed by atoms with E-state index in [9.17, 15) is 4.79 Å². The van der Waals surface area contributed by atoms with Gasteiger partial charge in [-0.05, 0) is 47.9 Å². The lowest BCUT2D eigenvalue weighted by atomic mass is 10.0. The summed E-state index contributed by atoms with van der Waals surface area (Å²) in [7, 11) is 1.83. The summed E-state index contributed by atoms with van der Waals surface area (Å²) in [6.45, 7) is 3.74. The lowest BCUT2D eigenvalue weighted by Crippen LogP contribution is -2.29. The summed E-state index contributed by atoms with van der Waals surface area (Å²) < 4.78 is 0. The molecule has 0 aliphatic carbocycles. The second kappa shape index (κ2) is 7.35. The molecule has 1 amide bonds. The number of fused-ring (bicyclic) bond motifs is 1. The van der Waals surface area contributed by atoms with Gasteiger partial charge in [0.25, 0.3) is 5.91 Å². The van der Waals surface area contributed by atoms with E-state index in [0.717, 1.165) is 24.2 Å². The standard InChI is InChI=1S/C18H19ClN2O.ClH/c1-12(13-4-3-5-17(19)9-13)21(2)18(22)14-6-7-15-10-20-11-16(15)8-14;/h3-9,12,20H,10-11H2,1-2H3;1H. The van der Waals surface area contributed by atoms with Crippen molar-refractivity contribution >= 4 is 29.9 Å². The molecule has 0 fully saturated rings. The molecule has 2 aromatic carbocycles. The van der Waals surface area contributed by atoms with Crippen LogP contribution in [0.15, 0.2) is 42.5 Å². The van der Waals surface area contributed by atoms with Gasteiger partial charge in [0.15, 0.2) is 0 Å². The number of hydrogen-bond donors (Lipinski definition) is 1. The minimum atomic E-state index is -0.0300. The fourth-order valence-corrected chi connectivity index (χ4v) is 3.00. The van der Waals surface area contributed by atoms with E-state index < -0.39 is 0 Å². The minimum absolute atomic E-state index is 0. The maximum absolute atomic E-state index is 12.7. The first-order chi connectivity index (χ1) is 10.6. The fraction of sp³-hybridized carbons (Fsp3) is 0.278. The zero-order valence-electron chi connectivity index (χ0n) is 13.2. The van der Waals surface area contributed by atoms with E-state index in [-0.39, 0.29) is 24.4 Å². The first kappa shape index (κ1) is 17.8. The van der Waals surface area contributed by atoms with E-state index in [0.29, 0.717) is 5.02 Å². The average Bonchev–Trinajstić information content (AvgIpc) is 3.00. The third-order valence-corrected chi connectivity index (χ3v) is 4.55. The smallest absolute Gasteiger partial charge is 0.254 e. The molecule has 0 spiro atoms. The van der Waals surface area contributed by atoms with Crippen LogP contribution in [-0.4, -0.2) is 17.9 Å². The molecule has 2 aromatic rings. The third kappa shape index (κ3) is 3.69. The lowest BCUT2D eigenvalue weighted by molar-refractivity contribution is 0.0742. The normalized spacial score (nSPS) is 13.9. The molecular formula is C18H20Cl2N2O. The fourth-order valence-electron chi connectivity index (χ4n) is 2.80.